The van der Waals surface area contributed by atoms with Gasteiger partial charge in [-0.3, -0.25) is 4.79 Å². The van der Waals surface area contributed by atoms with Gasteiger partial charge in [-0.1, -0.05) is 30.3 Å². The van der Waals surface area contributed by atoms with Crippen LogP contribution in [-0.2, 0) is 28.2 Å². The van der Waals surface area contributed by atoms with Gasteiger partial charge in [0.05, 0.1) is 0 Å². The van der Waals surface area contributed by atoms with Crippen LogP contribution >= 0.6 is 0 Å². The summed E-state index contributed by atoms with van der Waals surface area (Å²) in [4.78, 5) is 15.6. The molecule has 0 unspecified atom stereocenters. The number of ether oxygens (including phenoxy) is 1. The second-order valence-corrected chi connectivity index (χ2v) is 9.41. The SMILES string of the molecule is Cc1oc(-c2ccccc2)nc1COc1ccc(CN(CC(=O)O)S(=O)(=O)N(C)C)cc1. The van der Waals surface area contributed by atoms with Crippen LogP contribution in [0, 0.1) is 6.92 Å². The number of aromatic nitrogens is 1. The Bertz CT molecular complexity index is 1160. The van der Waals surface area contributed by atoms with Crippen LogP contribution in [-0.4, -0.2) is 53.7 Å². The average molecular weight is 460 g/mol. The zero-order chi connectivity index (χ0) is 23.3. The Kier molecular flexibility index (Phi) is 7.29. The van der Waals surface area contributed by atoms with Gasteiger partial charge in [-0.2, -0.15) is 17.0 Å². The average Bonchev–Trinajstić information content (AvgIpc) is 3.13. The molecule has 0 bridgehead atoms. The molecule has 0 aliphatic carbocycles. The molecule has 3 aromatic rings. The molecule has 0 radical (unpaired) electrons. The van der Waals surface area contributed by atoms with Gasteiger partial charge in [0.1, 0.15) is 30.4 Å². The molecule has 0 saturated heterocycles. The number of aliphatic carboxylic acids is 1. The van der Waals surface area contributed by atoms with E-state index in [-0.39, 0.29) is 13.2 Å². The molecular weight excluding hydrogens is 434 g/mol. The number of carboxylic acids is 1. The number of benzene rings is 2. The minimum atomic E-state index is -3.88. The summed E-state index contributed by atoms with van der Waals surface area (Å²) in [6.07, 6.45) is 0. The van der Waals surface area contributed by atoms with Crippen LogP contribution in [0.5, 0.6) is 5.75 Å². The number of nitrogens with zero attached hydrogens (tertiary/aromatic N) is 3. The van der Waals surface area contributed by atoms with E-state index in [1.54, 1.807) is 24.3 Å². The van der Waals surface area contributed by atoms with Crippen LogP contribution in [0.3, 0.4) is 0 Å². The minimum absolute atomic E-state index is 0.0735. The quantitative estimate of drug-likeness (QED) is 0.496. The van der Waals surface area contributed by atoms with E-state index in [0.717, 1.165) is 14.2 Å². The van der Waals surface area contributed by atoms with Gasteiger partial charge in [0.2, 0.25) is 5.89 Å². The zero-order valence-electron chi connectivity index (χ0n) is 18.1. The molecule has 1 N–H and O–H groups in total. The zero-order valence-corrected chi connectivity index (χ0v) is 18.9. The van der Waals surface area contributed by atoms with Crippen LogP contribution in [0.2, 0.25) is 0 Å². The lowest BCUT2D eigenvalue weighted by molar-refractivity contribution is -0.137. The molecule has 32 heavy (non-hydrogen) atoms. The standard InChI is InChI=1S/C22H25N3O6S/c1-16-20(23-22(31-16)18-7-5-4-6-8-18)15-30-19-11-9-17(10-12-19)13-25(14-21(26)27)32(28,29)24(2)3/h4-12H,13-15H2,1-3H3,(H,26,27). The molecule has 2 aromatic carbocycles. The fourth-order valence-electron chi connectivity index (χ4n) is 2.91. The molecule has 10 heteroatoms. The number of carbonyl (C=O) groups is 1. The van der Waals surface area contributed by atoms with Gasteiger partial charge < -0.3 is 14.3 Å². The highest BCUT2D eigenvalue weighted by Gasteiger charge is 2.26. The van der Waals surface area contributed by atoms with Crippen molar-refractivity contribution in [2.75, 3.05) is 20.6 Å². The van der Waals surface area contributed by atoms with Crippen molar-refractivity contribution in [3.05, 3.63) is 71.6 Å². The van der Waals surface area contributed by atoms with E-state index in [1.165, 1.54) is 14.1 Å². The van der Waals surface area contributed by atoms with Gasteiger partial charge in [-0.25, -0.2) is 4.98 Å². The summed E-state index contributed by atoms with van der Waals surface area (Å²) in [7, 11) is -1.16. The summed E-state index contributed by atoms with van der Waals surface area (Å²) in [5.41, 5.74) is 2.19. The molecule has 1 aromatic heterocycles. The fraction of sp³-hybridized carbons (Fsp3) is 0.273. The summed E-state index contributed by atoms with van der Waals surface area (Å²) in [5.74, 6) is 0.530. The predicted octanol–water partition coefficient (Wildman–Crippen LogP) is 2.92. The Morgan fingerprint density at radius 3 is 2.34 bits per heavy atom. The Morgan fingerprint density at radius 1 is 1.09 bits per heavy atom. The van der Waals surface area contributed by atoms with Crippen molar-refractivity contribution >= 4 is 16.2 Å². The molecule has 0 fully saturated rings. The van der Waals surface area contributed by atoms with E-state index < -0.39 is 22.7 Å². The van der Waals surface area contributed by atoms with E-state index in [2.05, 4.69) is 4.98 Å². The first kappa shape index (κ1) is 23.5. The summed E-state index contributed by atoms with van der Waals surface area (Å²) < 4.78 is 38.2. The van der Waals surface area contributed by atoms with Crippen molar-refractivity contribution in [2.24, 2.45) is 0 Å². The van der Waals surface area contributed by atoms with Crippen LogP contribution in [0.1, 0.15) is 17.0 Å². The minimum Gasteiger partial charge on any atom is -0.487 e. The maximum atomic E-state index is 12.4. The Balaban J connectivity index is 1.66. The second-order valence-electron chi connectivity index (χ2n) is 7.27. The van der Waals surface area contributed by atoms with Crippen molar-refractivity contribution in [3.63, 3.8) is 0 Å². The summed E-state index contributed by atoms with van der Waals surface area (Å²) in [5, 5.41) is 9.07. The van der Waals surface area contributed by atoms with Crippen molar-refractivity contribution in [1.29, 1.82) is 0 Å². The van der Waals surface area contributed by atoms with Gasteiger partial charge in [-0.05, 0) is 36.8 Å². The molecule has 0 amide bonds. The number of oxazole rings is 1. The molecule has 0 atom stereocenters. The van der Waals surface area contributed by atoms with Crippen LogP contribution in [0.4, 0.5) is 0 Å². The first-order chi connectivity index (χ1) is 15.2. The monoisotopic (exact) mass is 459 g/mol. The van der Waals surface area contributed by atoms with E-state index >= 15 is 0 Å². The first-order valence-electron chi connectivity index (χ1n) is 9.79. The fourth-order valence-corrected chi connectivity index (χ4v) is 3.96. The highest BCUT2D eigenvalue weighted by molar-refractivity contribution is 7.86. The Morgan fingerprint density at radius 2 is 1.75 bits per heavy atom. The summed E-state index contributed by atoms with van der Waals surface area (Å²) in [6.45, 7) is 1.33. The van der Waals surface area contributed by atoms with Crippen molar-refractivity contribution in [2.45, 2.75) is 20.1 Å². The third-order valence-corrected chi connectivity index (χ3v) is 6.50. The predicted molar refractivity (Wildman–Crippen MR) is 118 cm³/mol. The highest BCUT2D eigenvalue weighted by Crippen LogP contribution is 2.23. The van der Waals surface area contributed by atoms with Crippen molar-refractivity contribution < 1.29 is 27.5 Å². The van der Waals surface area contributed by atoms with E-state index in [1.807, 2.05) is 37.3 Å². The Hall–Kier alpha value is -3.21. The molecule has 9 nitrogen and oxygen atoms in total. The summed E-state index contributed by atoms with van der Waals surface area (Å²) >= 11 is 0. The number of carboxylic acid groups (broad SMARTS) is 1. The summed E-state index contributed by atoms with van der Waals surface area (Å²) in [6, 6.07) is 16.4. The second kappa shape index (κ2) is 9.94. The molecule has 0 saturated carbocycles. The number of aryl methyl sites for hydroxylation is 1. The third-order valence-electron chi connectivity index (χ3n) is 4.67. The van der Waals surface area contributed by atoms with Gasteiger partial charge in [-0.15, -0.1) is 0 Å². The van der Waals surface area contributed by atoms with Crippen LogP contribution in [0.15, 0.2) is 59.0 Å². The van der Waals surface area contributed by atoms with Gasteiger partial charge in [0.25, 0.3) is 10.2 Å². The molecule has 0 spiro atoms. The number of hydrogen-bond donors (Lipinski definition) is 1. The molecule has 1 heterocycles. The van der Waals surface area contributed by atoms with Gasteiger partial charge >= 0.3 is 5.97 Å². The maximum absolute atomic E-state index is 12.4. The highest BCUT2D eigenvalue weighted by atomic mass is 32.2. The lowest BCUT2D eigenvalue weighted by atomic mass is 10.2. The third kappa shape index (κ3) is 5.72. The molecule has 0 aliphatic rings. The van der Waals surface area contributed by atoms with E-state index in [4.69, 9.17) is 14.3 Å². The molecule has 0 aliphatic heterocycles. The van der Waals surface area contributed by atoms with Crippen LogP contribution in [0.25, 0.3) is 11.5 Å². The number of rotatable bonds is 10. The topological polar surface area (TPSA) is 113 Å². The van der Waals surface area contributed by atoms with Gasteiger partial charge in [0.15, 0.2) is 0 Å². The van der Waals surface area contributed by atoms with Crippen molar-refractivity contribution in [1.82, 2.24) is 13.6 Å². The van der Waals surface area contributed by atoms with Crippen LogP contribution < -0.4 is 4.74 Å². The smallest absolute Gasteiger partial charge is 0.318 e. The first-order valence-corrected chi connectivity index (χ1v) is 11.2. The largest absolute Gasteiger partial charge is 0.487 e. The van der Waals surface area contributed by atoms with E-state index in [9.17, 15) is 13.2 Å². The number of hydrogen-bond acceptors (Lipinski definition) is 6. The Labute approximate surface area is 187 Å². The molecular formula is C22H25N3O6S. The molecule has 3 rings (SSSR count). The normalized spacial score (nSPS) is 11.8. The van der Waals surface area contributed by atoms with Crippen molar-refractivity contribution in [3.8, 4) is 17.2 Å². The van der Waals surface area contributed by atoms with Gasteiger partial charge in [0, 0.05) is 26.2 Å². The molecule has 170 valence electrons. The lowest BCUT2D eigenvalue weighted by Gasteiger charge is -2.24. The maximum Gasteiger partial charge on any atom is 0.318 e. The van der Waals surface area contributed by atoms with E-state index in [0.29, 0.717) is 28.7 Å². The lowest BCUT2D eigenvalue weighted by Crippen LogP contribution is -2.42.